The lowest BCUT2D eigenvalue weighted by atomic mass is 10.1. The van der Waals surface area contributed by atoms with Crippen LogP contribution in [0.4, 0.5) is 0 Å². The number of hydrogen-bond donors (Lipinski definition) is 1. The number of nitrogens with zero attached hydrogens (tertiary/aromatic N) is 1. The summed E-state index contributed by atoms with van der Waals surface area (Å²) in [7, 11) is 0. The van der Waals surface area contributed by atoms with Gasteiger partial charge in [0.1, 0.15) is 0 Å². The van der Waals surface area contributed by atoms with E-state index >= 15 is 0 Å². The second-order valence-corrected chi connectivity index (χ2v) is 7.58. The van der Waals surface area contributed by atoms with Gasteiger partial charge in [0, 0.05) is 19.6 Å². The van der Waals surface area contributed by atoms with Gasteiger partial charge in [-0.15, -0.1) is 11.3 Å². The number of aromatic nitrogens is 1. The first kappa shape index (κ1) is 19.5. The molecule has 142 valence electrons. The van der Waals surface area contributed by atoms with Crippen molar-refractivity contribution < 1.29 is 9.53 Å². The number of aryl methyl sites for hydroxylation is 1. The Morgan fingerprint density at radius 3 is 2.67 bits per heavy atom. The number of rotatable bonds is 10. The molecule has 27 heavy (non-hydrogen) atoms. The van der Waals surface area contributed by atoms with Crippen molar-refractivity contribution in [1.29, 1.82) is 0 Å². The van der Waals surface area contributed by atoms with E-state index in [1.807, 2.05) is 43.3 Å². The molecule has 4 nitrogen and oxygen atoms in total. The average molecular weight is 383 g/mol. The molecule has 1 aromatic heterocycles. The predicted octanol–water partition coefficient (Wildman–Crippen LogP) is 4.86. The van der Waals surface area contributed by atoms with Crippen molar-refractivity contribution >= 4 is 27.5 Å². The molecule has 0 bridgehead atoms. The first-order chi connectivity index (χ1) is 13.3. The number of hydrogen-bond acceptors (Lipinski definition) is 4. The van der Waals surface area contributed by atoms with E-state index in [0.717, 1.165) is 40.9 Å². The van der Waals surface area contributed by atoms with Gasteiger partial charge in [-0.05, 0) is 49.4 Å². The molecular weight excluding hydrogens is 356 g/mol. The fraction of sp³-hybridized carbons (Fsp3) is 0.364. The minimum atomic E-state index is 0.102. The number of para-hydroxylation sites is 1. The highest BCUT2D eigenvalue weighted by atomic mass is 32.1. The fourth-order valence-corrected chi connectivity index (χ4v) is 3.96. The van der Waals surface area contributed by atoms with E-state index in [1.165, 1.54) is 4.70 Å². The molecule has 0 aliphatic rings. The SMILES string of the molecule is CCOCc1ccccc1CNC(=O)CCCCc1nc2ccccc2s1. The molecule has 0 aliphatic carbocycles. The van der Waals surface area contributed by atoms with Crippen LogP contribution in [-0.4, -0.2) is 17.5 Å². The Labute approximate surface area is 164 Å². The first-order valence-electron chi connectivity index (χ1n) is 9.52. The minimum absolute atomic E-state index is 0.102. The van der Waals surface area contributed by atoms with Crippen molar-refractivity contribution in [2.24, 2.45) is 0 Å². The zero-order valence-electron chi connectivity index (χ0n) is 15.7. The molecule has 2 aromatic carbocycles. The van der Waals surface area contributed by atoms with Crippen molar-refractivity contribution in [2.45, 2.75) is 45.8 Å². The van der Waals surface area contributed by atoms with Gasteiger partial charge in [0.25, 0.3) is 0 Å². The Morgan fingerprint density at radius 2 is 1.85 bits per heavy atom. The Morgan fingerprint density at radius 1 is 1.07 bits per heavy atom. The van der Waals surface area contributed by atoms with Crippen LogP contribution in [0.25, 0.3) is 10.2 Å². The van der Waals surface area contributed by atoms with Gasteiger partial charge in [0.15, 0.2) is 0 Å². The number of ether oxygens (including phenoxy) is 1. The van der Waals surface area contributed by atoms with Crippen molar-refractivity contribution in [3.63, 3.8) is 0 Å². The lowest BCUT2D eigenvalue weighted by Crippen LogP contribution is -2.23. The standard InChI is InChI=1S/C22H26N2O2S/c1-2-26-16-18-10-4-3-9-17(18)15-23-21(25)13-7-8-14-22-24-19-11-5-6-12-20(19)27-22/h3-6,9-12H,2,7-8,13-16H2,1H3,(H,23,25). The van der Waals surface area contributed by atoms with Gasteiger partial charge in [-0.3, -0.25) is 4.79 Å². The number of amides is 1. The van der Waals surface area contributed by atoms with Gasteiger partial charge in [-0.2, -0.15) is 0 Å². The molecule has 3 aromatic rings. The third kappa shape index (κ3) is 5.88. The van der Waals surface area contributed by atoms with Crippen molar-refractivity contribution in [3.8, 4) is 0 Å². The number of fused-ring (bicyclic) bond motifs is 1. The van der Waals surface area contributed by atoms with Crippen LogP contribution in [0.3, 0.4) is 0 Å². The van der Waals surface area contributed by atoms with Crippen LogP contribution in [-0.2, 0) is 29.1 Å². The van der Waals surface area contributed by atoms with E-state index in [2.05, 4.69) is 22.4 Å². The molecule has 3 rings (SSSR count). The molecule has 1 N–H and O–H groups in total. The van der Waals surface area contributed by atoms with E-state index in [1.54, 1.807) is 11.3 Å². The highest BCUT2D eigenvalue weighted by Crippen LogP contribution is 2.22. The van der Waals surface area contributed by atoms with E-state index in [4.69, 9.17) is 4.74 Å². The van der Waals surface area contributed by atoms with Crippen molar-refractivity contribution in [1.82, 2.24) is 10.3 Å². The summed E-state index contributed by atoms with van der Waals surface area (Å²) in [6.07, 6.45) is 3.35. The summed E-state index contributed by atoms with van der Waals surface area (Å²) in [4.78, 5) is 16.8. The molecule has 0 fully saturated rings. The zero-order chi connectivity index (χ0) is 18.9. The van der Waals surface area contributed by atoms with Crippen LogP contribution >= 0.6 is 11.3 Å². The smallest absolute Gasteiger partial charge is 0.220 e. The maximum absolute atomic E-state index is 12.1. The topological polar surface area (TPSA) is 51.2 Å². The number of carbonyl (C=O) groups excluding carboxylic acids is 1. The summed E-state index contributed by atoms with van der Waals surface area (Å²) < 4.78 is 6.73. The number of unbranched alkanes of at least 4 members (excludes halogenated alkanes) is 1. The highest BCUT2D eigenvalue weighted by molar-refractivity contribution is 7.18. The summed E-state index contributed by atoms with van der Waals surface area (Å²) in [5, 5.41) is 4.18. The summed E-state index contributed by atoms with van der Waals surface area (Å²) in [6.45, 7) is 3.82. The number of thiazole rings is 1. The highest BCUT2D eigenvalue weighted by Gasteiger charge is 2.07. The molecular formula is C22H26N2O2S. The third-order valence-electron chi connectivity index (χ3n) is 4.44. The Kier molecular flexibility index (Phi) is 7.36. The van der Waals surface area contributed by atoms with Crippen LogP contribution in [0.1, 0.15) is 42.3 Å². The largest absolute Gasteiger partial charge is 0.377 e. The quantitative estimate of drug-likeness (QED) is 0.509. The number of benzene rings is 2. The summed E-state index contributed by atoms with van der Waals surface area (Å²) in [5.74, 6) is 0.102. The summed E-state index contributed by atoms with van der Waals surface area (Å²) >= 11 is 1.75. The van der Waals surface area contributed by atoms with Crippen molar-refractivity contribution in [2.75, 3.05) is 6.61 Å². The lowest BCUT2D eigenvalue weighted by Gasteiger charge is -2.10. The van der Waals surface area contributed by atoms with Crippen LogP contribution in [0.2, 0.25) is 0 Å². The Balaban J connectivity index is 1.38. The molecule has 0 saturated carbocycles. The van der Waals surface area contributed by atoms with E-state index < -0.39 is 0 Å². The van der Waals surface area contributed by atoms with Crippen LogP contribution in [0.15, 0.2) is 48.5 Å². The van der Waals surface area contributed by atoms with Gasteiger partial charge < -0.3 is 10.1 Å². The molecule has 0 spiro atoms. The maximum Gasteiger partial charge on any atom is 0.220 e. The molecule has 0 radical (unpaired) electrons. The number of nitrogens with one attached hydrogen (secondary N) is 1. The second kappa shape index (κ2) is 10.2. The molecule has 1 heterocycles. The van der Waals surface area contributed by atoms with E-state index in [0.29, 0.717) is 26.2 Å². The minimum Gasteiger partial charge on any atom is -0.377 e. The molecule has 1 amide bonds. The van der Waals surface area contributed by atoms with E-state index in [9.17, 15) is 4.79 Å². The average Bonchev–Trinajstić information content (AvgIpc) is 3.11. The monoisotopic (exact) mass is 382 g/mol. The van der Waals surface area contributed by atoms with Crippen LogP contribution in [0, 0.1) is 0 Å². The zero-order valence-corrected chi connectivity index (χ0v) is 16.6. The first-order valence-corrected chi connectivity index (χ1v) is 10.3. The molecule has 0 atom stereocenters. The maximum atomic E-state index is 12.1. The van der Waals surface area contributed by atoms with Gasteiger partial charge >= 0.3 is 0 Å². The van der Waals surface area contributed by atoms with Crippen LogP contribution < -0.4 is 5.32 Å². The Hall–Kier alpha value is -2.24. The summed E-state index contributed by atoms with van der Waals surface area (Å²) in [6, 6.07) is 16.3. The molecule has 0 aliphatic heterocycles. The summed E-state index contributed by atoms with van der Waals surface area (Å²) in [5.41, 5.74) is 3.32. The van der Waals surface area contributed by atoms with Gasteiger partial charge in [0.2, 0.25) is 5.91 Å². The van der Waals surface area contributed by atoms with Gasteiger partial charge in [-0.1, -0.05) is 36.4 Å². The molecule has 5 heteroatoms. The second-order valence-electron chi connectivity index (χ2n) is 6.47. The lowest BCUT2D eigenvalue weighted by molar-refractivity contribution is -0.121. The van der Waals surface area contributed by atoms with E-state index in [-0.39, 0.29) is 5.91 Å². The van der Waals surface area contributed by atoms with Gasteiger partial charge in [-0.25, -0.2) is 4.98 Å². The van der Waals surface area contributed by atoms with Gasteiger partial charge in [0.05, 0.1) is 21.8 Å². The normalized spacial score (nSPS) is 11.0. The third-order valence-corrected chi connectivity index (χ3v) is 5.53. The number of carbonyl (C=O) groups is 1. The Bertz CT molecular complexity index is 842. The fourth-order valence-electron chi connectivity index (χ4n) is 2.95. The molecule has 0 saturated heterocycles. The predicted molar refractivity (Wildman–Crippen MR) is 111 cm³/mol. The molecule has 0 unspecified atom stereocenters. The van der Waals surface area contributed by atoms with Crippen molar-refractivity contribution in [3.05, 3.63) is 64.7 Å². The van der Waals surface area contributed by atoms with Crippen LogP contribution in [0.5, 0.6) is 0 Å².